The number of rotatable bonds is 7. The number of halogens is 1. The lowest BCUT2D eigenvalue weighted by atomic mass is 9.94. The highest BCUT2D eigenvalue weighted by molar-refractivity contribution is 7.92. The normalized spacial score (nSPS) is 11.9. The standard InChI is InChI=1S/C16H26N2O3S.ClH/c1-5-16(17,6-2)11-18-15(19)13-7-9-14(10-8-13)22(20,21)12(3)4;/h7-10,12H,5-6,11,17H2,1-4H3,(H,18,19);1H. The van der Waals surface area contributed by atoms with Gasteiger partial charge in [0.1, 0.15) is 0 Å². The molecule has 7 heteroatoms. The molecule has 0 fully saturated rings. The number of sulfone groups is 1. The Morgan fingerprint density at radius 2 is 1.65 bits per heavy atom. The summed E-state index contributed by atoms with van der Waals surface area (Å²) >= 11 is 0. The van der Waals surface area contributed by atoms with Crippen molar-refractivity contribution in [3.8, 4) is 0 Å². The number of nitrogens with two attached hydrogens (primary N) is 1. The molecule has 0 aliphatic carbocycles. The van der Waals surface area contributed by atoms with Gasteiger partial charge in [-0.05, 0) is 51.0 Å². The van der Waals surface area contributed by atoms with Gasteiger partial charge in [0, 0.05) is 17.6 Å². The van der Waals surface area contributed by atoms with E-state index in [-0.39, 0.29) is 23.2 Å². The molecular weight excluding hydrogens is 336 g/mol. The minimum atomic E-state index is -3.31. The third-order valence-corrected chi connectivity index (χ3v) is 6.25. The average molecular weight is 363 g/mol. The Morgan fingerprint density at radius 1 is 1.17 bits per heavy atom. The maximum atomic E-state index is 12.1. The van der Waals surface area contributed by atoms with E-state index in [1.54, 1.807) is 13.8 Å². The van der Waals surface area contributed by atoms with Gasteiger partial charge in [0.25, 0.3) is 5.91 Å². The first kappa shape index (κ1) is 21.9. The molecule has 0 saturated heterocycles. The number of carbonyl (C=O) groups excluding carboxylic acids is 1. The van der Waals surface area contributed by atoms with Crippen LogP contribution < -0.4 is 11.1 Å². The smallest absolute Gasteiger partial charge is 0.251 e. The summed E-state index contributed by atoms with van der Waals surface area (Å²) in [4.78, 5) is 12.3. The van der Waals surface area contributed by atoms with E-state index < -0.39 is 20.6 Å². The highest BCUT2D eigenvalue weighted by atomic mass is 35.5. The van der Waals surface area contributed by atoms with Crippen molar-refractivity contribution < 1.29 is 13.2 Å². The summed E-state index contributed by atoms with van der Waals surface area (Å²) < 4.78 is 24.1. The molecule has 1 aromatic carbocycles. The predicted octanol–water partition coefficient (Wildman–Crippen LogP) is 2.54. The maximum absolute atomic E-state index is 12.1. The van der Waals surface area contributed by atoms with E-state index in [0.29, 0.717) is 12.1 Å². The Kier molecular flexibility index (Phi) is 8.24. The summed E-state index contributed by atoms with van der Waals surface area (Å²) in [5.74, 6) is -0.245. The Labute approximate surface area is 145 Å². The molecule has 3 N–H and O–H groups in total. The number of hydrogen-bond acceptors (Lipinski definition) is 4. The van der Waals surface area contributed by atoms with Gasteiger partial charge in [-0.3, -0.25) is 4.79 Å². The van der Waals surface area contributed by atoms with Gasteiger partial charge in [-0.25, -0.2) is 8.42 Å². The second-order valence-electron chi connectivity index (χ2n) is 5.87. The van der Waals surface area contributed by atoms with Crippen molar-refractivity contribution in [1.82, 2.24) is 5.32 Å². The quantitative estimate of drug-likeness (QED) is 0.780. The summed E-state index contributed by atoms with van der Waals surface area (Å²) in [6.45, 7) is 7.63. The molecule has 0 heterocycles. The minimum Gasteiger partial charge on any atom is -0.350 e. The third-order valence-electron chi connectivity index (χ3n) is 4.07. The van der Waals surface area contributed by atoms with Crippen molar-refractivity contribution in [2.24, 2.45) is 5.73 Å². The Morgan fingerprint density at radius 3 is 2.04 bits per heavy atom. The van der Waals surface area contributed by atoms with E-state index in [1.165, 1.54) is 24.3 Å². The molecule has 0 aromatic heterocycles. The lowest BCUT2D eigenvalue weighted by Crippen LogP contribution is -2.49. The van der Waals surface area contributed by atoms with Gasteiger partial charge in [-0.2, -0.15) is 0 Å². The predicted molar refractivity (Wildman–Crippen MR) is 95.8 cm³/mol. The van der Waals surface area contributed by atoms with Crippen molar-refractivity contribution in [2.45, 2.75) is 56.2 Å². The lowest BCUT2D eigenvalue weighted by Gasteiger charge is -2.26. The van der Waals surface area contributed by atoms with Crippen LogP contribution >= 0.6 is 12.4 Å². The molecule has 0 spiro atoms. The fourth-order valence-electron chi connectivity index (χ4n) is 1.93. The highest BCUT2D eigenvalue weighted by Gasteiger charge is 2.22. The molecule has 1 rings (SSSR count). The summed E-state index contributed by atoms with van der Waals surface area (Å²) in [7, 11) is -3.31. The number of nitrogens with one attached hydrogen (secondary N) is 1. The van der Waals surface area contributed by atoms with Gasteiger partial charge in [0.15, 0.2) is 9.84 Å². The van der Waals surface area contributed by atoms with E-state index in [0.717, 1.165) is 12.8 Å². The second-order valence-corrected chi connectivity index (χ2v) is 8.37. The van der Waals surface area contributed by atoms with E-state index >= 15 is 0 Å². The van der Waals surface area contributed by atoms with Gasteiger partial charge < -0.3 is 11.1 Å². The van der Waals surface area contributed by atoms with Gasteiger partial charge in [0.05, 0.1) is 10.1 Å². The molecule has 0 aliphatic heterocycles. The van der Waals surface area contributed by atoms with E-state index in [4.69, 9.17) is 5.73 Å². The third kappa shape index (κ3) is 5.48. The van der Waals surface area contributed by atoms with E-state index in [1.807, 2.05) is 13.8 Å². The van der Waals surface area contributed by atoms with Crippen LogP contribution in [0.2, 0.25) is 0 Å². The zero-order chi connectivity index (χ0) is 17.0. The zero-order valence-corrected chi connectivity index (χ0v) is 15.8. The molecule has 132 valence electrons. The van der Waals surface area contributed by atoms with Crippen LogP contribution in [0.1, 0.15) is 50.9 Å². The SMILES string of the molecule is CCC(N)(CC)CNC(=O)c1ccc(S(=O)(=O)C(C)C)cc1.Cl. The van der Waals surface area contributed by atoms with Crippen molar-refractivity contribution in [3.05, 3.63) is 29.8 Å². The van der Waals surface area contributed by atoms with E-state index in [9.17, 15) is 13.2 Å². The number of carbonyl (C=O) groups is 1. The largest absolute Gasteiger partial charge is 0.350 e. The van der Waals surface area contributed by atoms with Crippen molar-refractivity contribution in [1.29, 1.82) is 0 Å². The molecule has 0 atom stereocenters. The second kappa shape index (κ2) is 8.66. The molecule has 1 aromatic rings. The molecule has 0 aliphatic rings. The van der Waals surface area contributed by atoms with Crippen molar-refractivity contribution in [3.63, 3.8) is 0 Å². The first-order valence-electron chi connectivity index (χ1n) is 7.57. The fourth-order valence-corrected chi connectivity index (χ4v) is 2.99. The topological polar surface area (TPSA) is 89.3 Å². The first-order chi connectivity index (χ1) is 10.2. The molecule has 1 amide bonds. The zero-order valence-electron chi connectivity index (χ0n) is 14.1. The molecule has 23 heavy (non-hydrogen) atoms. The monoisotopic (exact) mass is 362 g/mol. The van der Waals surface area contributed by atoms with Crippen LogP contribution in [0.4, 0.5) is 0 Å². The maximum Gasteiger partial charge on any atom is 0.251 e. The van der Waals surface area contributed by atoms with Crippen LogP contribution in [0.15, 0.2) is 29.2 Å². The van der Waals surface area contributed by atoms with Crippen LogP contribution in [0.5, 0.6) is 0 Å². The fraction of sp³-hybridized carbons (Fsp3) is 0.562. The van der Waals surface area contributed by atoms with Crippen molar-refractivity contribution in [2.75, 3.05) is 6.54 Å². The molecule has 0 bridgehead atoms. The summed E-state index contributed by atoms with van der Waals surface area (Å²) in [5, 5.41) is 2.32. The van der Waals surface area contributed by atoms with Gasteiger partial charge >= 0.3 is 0 Å². The Bertz CT molecular complexity index is 609. The summed E-state index contributed by atoms with van der Waals surface area (Å²) in [6, 6.07) is 6.00. The Hall–Kier alpha value is -1.11. The average Bonchev–Trinajstić information content (AvgIpc) is 2.52. The van der Waals surface area contributed by atoms with Crippen molar-refractivity contribution >= 4 is 28.2 Å². The summed E-state index contributed by atoms with van der Waals surface area (Å²) in [6.07, 6.45) is 1.55. The lowest BCUT2D eigenvalue weighted by molar-refractivity contribution is 0.0942. The Balaban J connectivity index is 0.00000484. The van der Waals surface area contributed by atoms with Gasteiger partial charge in [-0.1, -0.05) is 13.8 Å². The van der Waals surface area contributed by atoms with Crippen LogP contribution in [-0.4, -0.2) is 31.7 Å². The van der Waals surface area contributed by atoms with E-state index in [2.05, 4.69) is 5.32 Å². The molecule has 0 unspecified atom stereocenters. The van der Waals surface area contributed by atoms with Crippen LogP contribution in [0, 0.1) is 0 Å². The number of amides is 1. The van der Waals surface area contributed by atoms with Crippen LogP contribution in [0.25, 0.3) is 0 Å². The van der Waals surface area contributed by atoms with Crippen LogP contribution in [0.3, 0.4) is 0 Å². The summed E-state index contributed by atoms with van der Waals surface area (Å²) in [5.41, 5.74) is 6.17. The number of hydrogen-bond donors (Lipinski definition) is 2. The first-order valence-corrected chi connectivity index (χ1v) is 9.12. The van der Waals surface area contributed by atoms with Gasteiger partial charge in [0.2, 0.25) is 0 Å². The number of benzene rings is 1. The highest BCUT2D eigenvalue weighted by Crippen LogP contribution is 2.16. The molecule has 0 saturated carbocycles. The van der Waals surface area contributed by atoms with Crippen LogP contribution in [-0.2, 0) is 9.84 Å². The molecule has 5 nitrogen and oxygen atoms in total. The van der Waals surface area contributed by atoms with Gasteiger partial charge in [-0.15, -0.1) is 12.4 Å². The minimum absolute atomic E-state index is 0. The molecular formula is C16H27ClN2O3S. The molecule has 0 radical (unpaired) electrons.